The zero-order valence-corrected chi connectivity index (χ0v) is 11.8. The van der Waals surface area contributed by atoms with E-state index in [4.69, 9.17) is 19.9 Å². The van der Waals surface area contributed by atoms with E-state index in [0.717, 1.165) is 5.56 Å². The molecular weight excluding hydrogens is 262 g/mol. The molecule has 2 N–H and O–H groups in total. The SMILES string of the molecule is COc1cc(CCC(=O)O[C@@H](C)C(N)=O)cc(OC)c1. The highest BCUT2D eigenvalue weighted by Gasteiger charge is 2.14. The first-order valence-corrected chi connectivity index (χ1v) is 6.17. The number of hydrogen-bond acceptors (Lipinski definition) is 5. The Hall–Kier alpha value is -2.24. The highest BCUT2D eigenvalue weighted by molar-refractivity contribution is 5.81. The second kappa shape index (κ2) is 7.37. The van der Waals surface area contributed by atoms with Gasteiger partial charge in [-0.2, -0.15) is 0 Å². The number of rotatable bonds is 7. The standard InChI is InChI=1S/C14H19NO5/c1-9(14(15)17)20-13(16)5-4-10-6-11(18-2)8-12(7-10)19-3/h6-9H,4-5H2,1-3H3,(H2,15,17)/t9-/m0/s1. The van der Waals surface area contributed by atoms with Crippen molar-refractivity contribution in [3.63, 3.8) is 0 Å². The lowest BCUT2D eigenvalue weighted by molar-refractivity contribution is -0.153. The van der Waals surface area contributed by atoms with Crippen LogP contribution >= 0.6 is 0 Å². The first-order chi connectivity index (χ1) is 9.46. The fourth-order valence-electron chi connectivity index (χ4n) is 1.57. The van der Waals surface area contributed by atoms with E-state index in [-0.39, 0.29) is 6.42 Å². The van der Waals surface area contributed by atoms with E-state index in [0.29, 0.717) is 17.9 Å². The smallest absolute Gasteiger partial charge is 0.306 e. The Bertz CT molecular complexity index is 464. The molecule has 6 nitrogen and oxygen atoms in total. The second-order valence-corrected chi connectivity index (χ2v) is 4.26. The summed E-state index contributed by atoms with van der Waals surface area (Å²) in [6.45, 7) is 1.44. The van der Waals surface area contributed by atoms with Crippen molar-refractivity contribution in [2.75, 3.05) is 14.2 Å². The molecule has 0 saturated carbocycles. The maximum Gasteiger partial charge on any atom is 0.306 e. The maximum atomic E-state index is 11.5. The zero-order chi connectivity index (χ0) is 15.1. The van der Waals surface area contributed by atoms with Gasteiger partial charge in [-0.05, 0) is 31.0 Å². The van der Waals surface area contributed by atoms with Crippen molar-refractivity contribution in [2.45, 2.75) is 25.9 Å². The van der Waals surface area contributed by atoms with Gasteiger partial charge in [-0.3, -0.25) is 9.59 Å². The molecule has 20 heavy (non-hydrogen) atoms. The Labute approximate surface area is 117 Å². The van der Waals surface area contributed by atoms with Crippen molar-refractivity contribution in [3.8, 4) is 11.5 Å². The molecule has 0 bridgehead atoms. The van der Waals surface area contributed by atoms with Crippen LogP contribution in [0.5, 0.6) is 11.5 Å². The summed E-state index contributed by atoms with van der Waals surface area (Å²) >= 11 is 0. The largest absolute Gasteiger partial charge is 0.497 e. The quantitative estimate of drug-likeness (QED) is 0.755. The molecule has 0 fully saturated rings. The highest BCUT2D eigenvalue weighted by Crippen LogP contribution is 2.23. The number of esters is 1. The number of methoxy groups -OCH3 is 2. The Morgan fingerprint density at radius 3 is 2.15 bits per heavy atom. The van der Waals surface area contributed by atoms with E-state index in [2.05, 4.69) is 0 Å². The summed E-state index contributed by atoms with van der Waals surface area (Å²) in [5.41, 5.74) is 5.90. The van der Waals surface area contributed by atoms with Crippen LogP contribution in [0.2, 0.25) is 0 Å². The average molecular weight is 281 g/mol. The summed E-state index contributed by atoms with van der Waals surface area (Å²) in [5.74, 6) is 0.163. The van der Waals surface area contributed by atoms with E-state index in [1.165, 1.54) is 6.92 Å². The lowest BCUT2D eigenvalue weighted by Gasteiger charge is -2.10. The van der Waals surface area contributed by atoms with E-state index >= 15 is 0 Å². The van der Waals surface area contributed by atoms with E-state index in [9.17, 15) is 9.59 Å². The third-order valence-corrected chi connectivity index (χ3v) is 2.74. The Morgan fingerprint density at radius 1 is 1.15 bits per heavy atom. The van der Waals surface area contributed by atoms with Gasteiger partial charge in [0.2, 0.25) is 0 Å². The minimum absolute atomic E-state index is 0.147. The lowest BCUT2D eigenvalue weighted by atomic mass is 10.1. The number of carbonyl (C=O) groups is 2. The van der Waals surface area contributed by atoms with Gasteiger partial charge >= 0.3 is 5.97 Å². The van der Waals surface area contributed by atoms with Gasteiger partial charge in [-0.1, -0.05) is 0 Å². The molecule has 0 unspecified atom stereocenters. The van der Waals surface area contributed by atoms with Crippen LogP contribution in [0.4, 0.5) is 0 Å². The van der Waals surface area contributed by atoms with Gasteiger partial charge in [0.15, 0.2) is 6.10 Å². The van der Waals surface area contributed by atoms with Gasteiger partial charge in [-0.15, -0.1) is 0 Å². The maximum absolute atomic E-state index is 11.5. The number of aryl methyl sites for hydroxylation is 1. The summed E-state index contributed by atoms with van der Waals surface area (Å²) in [6, 6.07) is 5.37. The third kappa shape index (κ3) is 4.79. The molecule has 1 aromatic rings. The van der Waals surface area contributed by atoms with Crippen LogP contribution < -0.4 is 15.2 Å². The Morgan fingerprint density at radius 2 is 1.70 bits per heavy atom. The fraction of sp³-hybridized carbons (Fsp3) is 0.429. The third-order valence-electron chi connectivity index (χ3n) is 2.74. The minimum atomic E-state index is -0.914. The van der Waals surface area contributed by atoms with Crippen LogP contribution in [0.1, 0.15) is 18.9 Å². The molecule has 6 heteroatoms. The number of nitrogens with two attached hydrogens (primary N) is 1. The Kier molecular flexibility index (Phi) is 5.83. The van der Waals surface area contributed by atoms with Crippen LogP contribution in [0.15, 0.2) is 18.2 Å². The lowest BCUT2D eigenvalue weighted by Crippen LogP contribution is -2.30. The van der Waals surface area contributed by atoms with Crippen molar-refractivity contribution in [1.82, 2.24) is 0 Å². The van der Waals surface area contributed by atoms with Gasteiger partial charge in [0.1, 0.15) is 11.5 Å². The van der Waals surface area contributed by atoms with Crippen LogP contribution in [0, 0.1) is 0 Å². The topological polar surface area (TPSA) is 87.9 Å². The van der Waals surface area contributed by atoms with E-state index in [1.54, 1.807) is 20.3 Å². The number of ether oxygens (including phenoxy) is 3. The molecule has 0 aromatic heterocycles. The van der Waals surface area contributed by atoms with Crippen molar-refractivity contribution in [1.29, 1.82) is 0 Å². The molecule has 1 aromatic carbocycles. The van der Waals surface area contributed by atoms with Crippen LogP contribution in [-0.4, -0.2) is 32.2 Å². The van der Waals surface area contributed by atoms with Crippen LogP contribution in [-0.2, 0) is 20.7 Å². The predicted octanol–water partition coefficient (Wildman–Crippen LogP) is 1.05. The molecule has 0 aliphatic rings. The van der Waals surface area contributed by atoms with E-state index in [1.807, 2.05) is 12.1 Å². The summed E-state index contributed by atoms with van der Waals surface area (Å²) in [5, 5.41) is 0. The number of amides is 1. The van der Waals surface area contributed by atoms with Crippen molar-refractivity contribution in [3.05, 3.63) is 23.8 Å². The van der Waals surface area contributed by atoms with Gasteiger partial charge in [0.05, 0.1) is 14.2 Å². The number of carbonyl (C=O) groups excluding carboxylic acids is 2. The molecule has 0 radical (unpaired) electrons. The molecular formula is C14H19NO5. The van der Waals surface area contributed by atoms with Gasteiger partial charge in [0, 0.05) is 12.5 Å². The molecule has 0 aliphatic heterocycles. The first-order valence-electron chi connectivity index (χ1n) is 6.17. The first kappa shape index (κ1) is 15.8. The predicted molar refractivity (Wildman–Crippen MR) is 72.6 cm³/mol. The fourth-order valence-corrected chi connectivity index (χ4v) is 1.57. The average Bonchev–Trinajstić information content (AvgIpc) is 2.44. The van der Waals surface area contributed by atoms with Crippen molar-refractivity contribution >= 4 is 11.9 Å². The molecule has 0 saturated heterocycles. The molecule has 1 atom stereocenters. The summed E-state index contributed by atoms with van der Waals surface area (Å²) < 4.78 is 15.2. The van der Waals surface area contributed by atoms with E-state index < -0.39 is 18.0 Å². The monoisotopic (exact) mass is 281 g/mol. The zero-order valence-electron chi connectivity index (χ0n) is 11.8. The molecule has 1 rings (SSSR count). The molecule has 0 aliphatic carbocycles. The normalized spacial score (nSPS) is 11.6. The number of primary amides is 1. The minimum Gasteiger partial charge on any atom is -0.497 e. The molecule has 0 heterocycles. The Balaban J connectivity index is 2.60. The van der Waals surface area contributed by atoms with Gasteiger partial charge < -0.3 is 19.9 Å². The van der Waals surface area contributed by atoms with Crippen LogP contribution in [0.3, 0.4) is 0 Å². The number of hydrogen-bond donors (Lipinski definition) is 1. The number of benzene rings is 1. The van der Waals surface area contributed by atoms with Crippen molar-refractivity contribution < 1.29 is 23.8 Å². The summed E-state index contributed by atoms with van der Waals surface area (Å²) in [7, 11) is 3.11. The van der Waals surface area contributed by atoms with Crippen LogP contribution in [0.25, 0.3) is 0 Å². The van der Waals surface area contributed by atoms with Gasteiger partial charge in [-0.25, -0.2) is 0 Å². The van der Waals surface area contributed by atoms with Crippen molar-refractivity contribution in [2.24, 2.45) is 5.73 Å². The highest BCUT2D eigenvalue weighted by atomic mass is 16.5. The molecule has 0 spiro atoms. The molecule has 1 amide bonds. The second-order valence-electron chi connectivity index (χ2n) is 4.26. The van der Waals surface area contributed by atoms with Gasteiger partial charge in [0.25, 0.3) is 5.91 Å². The molecule has 110 valence electrons. The summed E-state index contributed by atoms with van der Waals surface area (Å²) in [6.07, 6.45) is -0.312. The summed E-state index contributed by atoms with van der Waals surface area (Å²) in [4.78, 5) is 22.3.